The number of aromatic nitrogens is 2. The van der Waals surface area contributed by atoms with Gasteiger partial charge in [-0.1, -0.05) is 0 Å². The smallest absolute Gasteiger partial charge is 0.123 e. The van der Waals surface area contributed by atoms with Gasteiger partial charge in [0, 0.05) is 57.4 Å². The van der Waals surface area contributed by atoms with Gasteiger partial charge in [0.15, 0.2) is 0 Å². The van der Waals surface area contributed by atoms with E-state index in [9.17, 15) is 0 Å². The topological polar surface area (TPSA) is 67.5 Å². The number of nitrogen functional groups attached to an aromatic ring is 1. The molecular weight excluding hydrogens is 374 g/mol. The zero-order valence-corrected chi connectivity index (χ0v) is 17.7. The Morgan fingerprint density at radius 1 is 1.03 bits per heavy atom. The Morgan fingerprint density at radius 2 is 1.90 bits per heavy atom. The molecule has 2 atom stereocenters. The highest BCUT2D eigenvalue weighted by atomic mass is 16.5. The molecule has 30 heavy (non-hydrogen) atoms. The molecule has 5 rings (SSSR count). The lowest BCUT2D eigenvalue weighted by molar-refractivity contribution is -0.0399. The minimum Gasteiger partial charge on any atom is -0.384 e. The number of likely N-dealkylation sites (tertiary alicyclic amines) is 2. The summed E-state index contributed by atoms with van der Waals surface area (Å²) in [6.45, 7) is 5.35. The van der Waals surface area contributed by atoms with Crippen LogP contribution in [0.5, 0.6) is 0 Å². The van der Waals surface area contributed by atoms with Crippen LogP contribution in [0.1, 0.15) is 54.8 Å². The Hall–Kier alpha value is -2.02. The van der Waals surface area contributed by atoms with Crippen molar-refractivity contribution >= 4 is 5.82 Å². The SMILES string of the molecule is Nc1cc(CN2CCC(OC3CCN(C4CCCc5cnccc54)C3)CC2)ccn1. The fraction of sp³-hybridized carbons (Fsp3) is 0.583. The number of ether oxygens (including phenoxy) is 1. The van der Waals surface area contributed by atoms with E-state index in [2.05, 4.69) is 38.1 Å². The van der Waals surface area contributed by atoms with Crippen LogP contribution in [0.4, 0.5) is 5.82 Å². The standard InChI is InChI=1S/C24H33N5O/c25-24-14-18(4-10-27-24)16-28-11-6-20(7-12-28)30-21-8-13-29(17-21)23-3-1-2-19-15-26-9-5-22(19)23/h4-5,9-10,14-15,20-21,23H,1-3,6-8,11-13,16-17H2,(H2,25,27). The molecule has 3 aliphatic rings. The van der Waals surface area contributed by atoms with Gasteiger partial charge in [0.05, 0.1) is 12.2 Å². The molecule has 4 heterocycles. The Kier molecular flexibility index (Phi) is 5.97. The number of hydrogen-bond donors (Lipinski definition) is 1. The fourth-order valence-electron chi connectivity index (χ4n) is 5.47. The van der Waals surface area contributed by atoms with Crippen molar-refractivity contribution in [1.29, 1.82) is 0 Å². The van der Waals surface area contributed by atoms with Crippen LogP contribution in [-0.2, 0) is 17.7 Å². The van der Waals surface area contributed by atoms with Crippen LogP contribution in [0.25, 0.3) is 0 Å². The monoisotopic (exact) mass is 407 g/mol. The van der Waals surface area contributed by atoms with E-state index >= 15 is 0 Å². The van der Waals surface area contributed by atoms with Gasteiger partial charge in [0.2, 0.25) is 0 Å². The maximum Gasteiger partial charge on any atom is 0.123 e. The van der Waals surface area contributed by atoms with E-state index in [1.54, 1.807) is 6.20 Å². The maximum absolute atomic E-state index is 6.57. The van der Waals surface area contributed by atoms with Crippen LogP contribution in [0.2, 0.25) is 0 Å². The molecule has 2 aliphatic heterocycles. The zero-order valence-electron chi connectivity index (χ0n) is 17.7. The molecule has 0 saturated carbocycles. The van der Waals surface area contributed by atoms with Gasteiger partial charge < -0.3 is 10.5 Å². The van der Waals surface area contributed by atoms with Gasteiger partial charge in [-0.2, -0.15) is 0 Å². The quantitative estimate of drug-likeness (QED) is 0.821. The highest BCUT2D eigenvalue weighted by Gasteiger charge is 2.33. The molecule has 0 amide bonds. The molecular formula is C24H33N5O. The number of nitrogens with zero attached hydrogens (tertiary/aromatic N) is 4. The molecule has 2 N–H and O–H groups in total. The van der Waals surface area contributed by atoms with Crippen molar-refractivity contribution < 1.29 is 4.74 Å². The first-order chi connectivity index (χ1) is 14.7. The van der Waals surface area contributed by atoms with Crippen LogP contribution in [0, 0.1) is 0 Å². The highest BCUT2D eigenvalue weighted by Crippen LogP contribution is 2.36. The third kappa shape index (κ3) is 4.51. The summed E-state index contributed by atoms with van der Waals surface area (Å²) in [6.07, 6.45) is 13.7. The maximum atomic E-state index is 6.57. The first-order valence-corrected chi connectivity index (χ1v) is 11.5. The average Bonchev–Trinajstić information content (AvgIpc) is 3.23. The number of fused-ring (bicyclic) bond motifs is 1. The molecule has 2 unspecified atom stereocenters. The van der Waals surface area contributed by atoms with E-state index in [0.717, 1.165) is 52.0 Å². The highest BCUT2D eigenvalue weighted by molar-refractivity contribution is 5.32. The predicted molar refractivity (Wildman–Crippen MR) is 118 cm³/mol. The molecule has 0 spiro atoms. The summed E-state index contributed by atoms with van der Waals surface area (Å²) in [5, 5.41) is 0. The largest absolute Gasteiger partial charge is 0.384 e. The Morgan fingerprint density at radius 3 is 2.77 bits per heavy atom. The Balaban J connectivity index is 1.10. The van der Waals surface area contributed by atoms with Crippen molar-refractivity contribution in [3.05, 3.63) is 53.5 Å². The van der Waals surface area contributed by atoms with Crippen LogP contribution >= 0.6 is 0 Å². The second-order valence-corrected chi connectivity index (χ2v) is 9.09. The Labute approximate surface area is 179 Å². The first-order valence-electron chi connectivity index (χ1n) is 11.5. The van der Waals surface area contributed by atoms with Crippen molar-refractivity contribution in [3.8, 4) is 0 Å². The lowest BCUT2D eigenvalue weighted by Gasteiger charge is -2.34. The molecule has 2 fully saturated rings. The van der Waals surface area contributed by atoms with Gasteiger partial charge in [0.1, 0.15) is 5.82 Å². The van der Waals surface area contributed by atoms with E-state index in [-0.39, 0.29) is 0 Å². The van der Waals surface area contributed by atoms with Crippen LogP contribution in [0.15, 0.2) is 36.8 Å². The summed E-state index contributed by atoms with van der Waals surface area (Å²) < 4.78 is 6.57. The van der Waals surface area contributed by atoms with Gasteiger partial charge in [-0.15, -0.1) is 0 Å². The average molecular weight is 408 g/mol. The second-order valence-electron chi connectivity index (χ2n) is 9.09. The molecule has 2 aromatic rings. The lowest BCUT2D eigenvalue weighted by atomic mass is 9.88. The van der Waals surface area contributed by atoms with Crippen LogP contribution < -0.4 is 5.73 Å². The molecule has 1 aliphatic carbocycles. The van der Waals surface area contributed by atoms with Crippen LogP contribution in [0.3, 0.4) is 0 Å². The molecule has 0 radical (unpaired) electrons. The van der Waals surface area contributed by atoms with Gasteiger partial charge in [-0.05, 0) is 73.4 Å². The summed E-state index contributed by atoms with van der Waals surface area (Å²) in [6, 6.07) is 6.83. The van der Waals surface area contributed by atoms with Gasteiger partial charge in [-0.25, -0.2) is 4.98 Å². The molecule has 2 saturated heterocycles. The van der Waals surface area contributed by atoms with Crippen molar-refractivity contribution in [2.75, 3.05) is 31.9 Å². The summed E-state index contributed by atoms with van der Waals surface area (Å²) in [4.78, 5) is 13.6. The van der Waals surface area contributed by atoms with E-state index in [1.165, 1.54) is 36.0 Å². The number of piperidine rings is 1. The van der Waals surface area contributed by atoms with Gasteiger partial charge >= 0.3 is 0 Å². The van der Waals surface area contributed by atoms with Crippen molar-refractivity contribution in [1.82, 2.24) is 19.8 Å². The summed E-state index contributed by atoms with van der Waals surface area (Å²) in [7, 11) is 0. The number of hydrogen-bond acceptors (Lipinski definition) is 6. The predicted octanol–water partition coefficient (Wildman–Crippen LogP) is 3.19. The Bertz CT molecular complexity index is 851. The molecule has 6 nitrogen and oxygen atoms in total. The number of pyridine rings is 2. The van der Waals surface area contributed by atoms with Crippen molar-refractivity contribution in [3.63, 3.8) is 0 Å². The minimum absolute atomic E-state index is 0.383. The molecule has 0 bridgehead atoms. The first kappa shape index (κ1) is 19.9. The molecule has 0 aromatic carbocycles. The molecule has 6 heteroatoms. The number of anilines is 1. The van der Waals surface area contributed by atoms with E-state index in [4.69, 9.17) is 10.5 Å². The minimum atomic E-state index is 0.383. The number of nitrogens with two attached hydrogens (primary N) is 1. The van der Waals surface area contributed by atoms with Crippen molar-refractivity contribution in [2.45, 2.75) is 63.3 Å². The van der Waals surface area contributed by atoms with Crippen molar-refractivity contribution in [2.24, 2.45) is 0 Å². The van der Waals surface area contributed by atoms with E-state index in [1.807, 2.05) is 12.3 Å². The normalized spacial score (nSPS) is 26.0. The second kappa shape index (κ2) is 9.00. The van der Waals surface area contributed by atoms with Crippen LogP contribution in [-0.4, -0.2) is 58.2 Å². The number of rotatable bonds is 5. The summed E-state index contributed by atoms with van der Waals surface area (Å²) in [5.41, 5.74) is 10.0. The van der Waals surface area contributed by atoms with E-state index in [0.29, 0.717) is 24.1 Å². The van der Waals surface area contributed by atoms with Gasteiger partial charge in [-0.3, -0.25) is 14.8 Å². The number of aryl methyl sites for hydroxylation is 1. The summed E-state index contributed by atoms with van der Waals surface area (Å²) in [5.74, 6) is 0.605. The lowest BCUT2D eigenvalue weighted by Crippen LogP contribution is -2.38. The third-order valence-corrected chi connectivity index (χ3v) is 7.01. The zero-order chi connectivity index (χ0) is 20.3. The molecule has 2 aromatic heterocycles. The third-order valence-electron chi connectivity index (χ3n) is 7.01. The molecule has 160 valence electrons. The van der Waals surface area contributed by atoms with E-state index < -0.39 is 0 Å². The summed E-state index contributed by atoms with van der Waals surface area (Å²) >= 11 is 0. The van der Waals surface area contributed by atoms with Gasteiger partial charge in [0.25, 0.3) is 0 Å². The fourth-order valence-corrected chi connectivity index (χ4v) is 5.47.